The number of ether oxygens (including phenoxy) is 1. The second-order valence-corrected chi connectivity index (χ2v) is 7.87. The average Bonchev–Trinajstić information content (AvgIpc) is 3.26. The van der Waals surface area contributed by atoms with Gasteiger partial charge in [-0.3, -0.25) is 0 Å². The van der Waals surface area contributed by atoms with Gasteiger partial charge in [-0.2, -0.15) is 5.10 Å². The number of hydrogen-bond donors (Lipinski definition) is 1. The summed E-state index contributed by atoms with van der Waals surface area (Å²) < 4.78 is 34.4. The van der Waals surface area contributed by atoms with Gasteiger partial charge in [0.15, 0.2) is 0 Å². The van der Waals surface area contributed by atoms with Crippen molar-refractivity contribution in [2.75, 3.05) is 6.61 Å². The zero-order chi connectivity index (χ0) is 20.0. The third kappa shape index (κ3) is 4.85. The highest BCUT2D eigenvalue weighted by molar-refractivity contribution is 7.89. The van der Waals surface area contributed by atoms with Crippen molar-refractivity contribution in [3.8, 4) is 5.69 Å². The van der Waals surface area contributed by atoms with E-state index >= 15 is 0 Å². The number of benzene rings is 2. The molecule has 0 atom stereocenters. The Hall–Kier alpha value is -2.97. The van der Waals surface area contributed by atoms with Crippen LogP contribution in [0.4, 0.5) is 0 Å². The standard InChI is InChI=1S/C20H21N3O4S/c1-2-13-27-20(24)17-7-9-19(10-8-17)28(25,26)22-15-16-5-3-6-18(14-16)23-12-4-11-21-23/h3-12,14,22H,2,13,15H2,1H3. The van der Waals surface area contributed by atoms with Crippen LogP contribution in [0.5, 0.6) is 0 Å². The third-order valence-electron chi connectivity index (χ3n) is 3.98. The lowest BCUT2D eigenvalue weighted by Crippen LogP contribution is -2.23. The van der Waals surface area contributed by atoms with Gasteiger partial charge in [0.1, 0.15) is 0 Å². The predicted molar refractivity (Wildman–Crippen MR) is 105 cm³/mol. The van der Waals surface area contributed by atoms with Crippen LogP contribution in [0.1, 0.15) is 29.3 Å². The lowest BCUT2D eigenvalue weighted by molar-refractivity contribution is 0.0505. The first-order valence-electron chi connectivity index (χ1n) is 8.85. The van der Waals surface area contributed by atoms with E-state index in [-0.39, 0.29) is 11.4 Å². The first-order valence-corrected chi connectivity index (χ1v) is 10.3. The van der Waals surface area contributed by atoms with Crippen molar-refractivity contribution >= 4 is 16.0 Å². The number of aromatic nitrogens is 2. The highest BCUT2D eigenvalue weighted by Crippen LogP contribution is 2.14. The summed E-state index contributed by atoms with van der Waals surface area (Å²) >= 11 is 0. The van der Waals surface area contributed by atoms with Crippen molar-refractivity contribution in [3.63, 3.8) is 0 Å². The Morgan fingerprint density at radius 3 is 2.61 bits per heavy atom. The monoisotopic (exact) mass is 399 g/mol. The summed E-state index contributed by atoms with van der Waals surface area (Å²) in [6.45, 7) is 2.37. The minimum absolute atomic E-state index is 0.0859. The third-order valence-corrected chi connectivity index (χ3v) is 5.40. The number of carbonyl (C=O) groups excluding carboxylic acids is 1. The minimum atomic E-state index is -3.71. The number of hydrogen-bond acceptors (Lipinski definition) is 5. The molecule has 3 rings (SSSR count). The van der Waals surface area contributed by atoms with Gasteiger partial charge in [-0.05, 0) is 54.4 Å². The first kappa shape index (κ1) is 19.8. The van der Waals surface area contributed by atoms with E-state index in [1.54, 1.807) is 10.9 Å². The van der Waals surface area contributed by atoms with Crippen LogP contribution in [0.25, 0.3) is 5.69 Å². The van der Waals surface area contributed by atoms with Crippen LogP contribution in [-0.4, -0.2) is 30.8 Å². The zero-order valence-electron chi connectivity index (χ0n) is 15.4. The maximum atomic E-state index is 12.5. The highest BCUT2D eigenvalue weighted by atomic mass is 32.2. The Kier molecular flexibility index (Phi) is 6.23. The zero-order valence-corrected chi connectivity index (χ0v) is 16.2. The molecule has 0 radical (unpaired) electrons. The molecule has 0 spiro atoms. The van der Waals surface area contributed by atoms with Crippen molar-refractivity contribution in [3.05, 3.63) is 78.1 Å². The maximum absolute atomic E-state index is 12.5. The number of esters is 1. The molecule has 0 aliphatic rings. The molecule has 2 aromatic carbocycles. The second-order valence-electron chi connectivity index (χ2n) is 6.11. The molecule has 0 fully saturated rings. The van der Waals surface area contributed by atoms with Crippen molar-refractivity contribution in [2.45, 2.75) is 24.8 Å². The van der Waals surface area contributed by atoms with E-state index in [0.29, 0.717) is 12.2 Å². The van der Waals surface area contributed by atoms with Gasteiger partial charge in [-0.25, -0.2) is 22.6 Å². The molecule has 0 aliphatic carbocycles. The van der Waals surface area contributed by atoms with E-state index in [1.165, 1.54) is 24.3 Å². The van der Waals surface area contributed by atoms with Crippen LogP contribution in [0.15, 0.2) is 71.9 Å². The molecule has 0 saturated carbocycles. The molecule has 0 bridgehead atoms. The SMILES string of the molecule is CCCOC(=O)c1ccc(S(=O)(=O)NCc2cccc(-n3cccn3)c2)cc1. The van der Waals surface area contributed by atoms with E-state index in [1.807, 2.05) is 43.5 Å². The average molecular weight is 399 g/mol. The Balaban J connectivity index is 1.67. The largest absolute Gasteiger partial charge is 0.462 e. The van der Waals surface area contributed by atoms with Crippen LogP contribution in [-0.2, 0) is 21.3 Å². The molecule has 1 heterocycles. The summed E-state index contributed by atoms with van der Waals surface area (Å²) in [5.41, 5.74) is 1.97. The van der Waals surface area contributed by atoms with E-state index in [9.17, 15) is 13.2 Å². The van der Waals surface area contributed by atoms with Crippen LogP contribution < -0.4 is 4.72 Å². The summed E-state index contributed by atoms with van der Waals surface area (Å²) in [5, 5.41) is 4.17. The van der Waals surface area contributed by atoms with Gasteiger partial charge >= 0.3 is 5.97 Å². The van der Waals surface area contributed by atoms with E-state index in [2.05, 4.69) is 9.82 Å². The Morgan fingerprint density at radius 2 is 1.93 bits per heavy atom. The molecule has 7 nitrogen and oxygen atoms in total. The van der Waals surface area contributed by atoms with Gasteiger partial charge in [-0.1, -0.05) is 19.1 Å². The topological polar surface area (TPSA) is 90.3 Å². The molecule has 3 aromatic rings. The van der Waals surface area contributed by atoms with Crippen molar-refractivity contribution in [2.24, 2.45) is 0 Å². The molecule has 0 amide bonds. The smallest absolute Gasteiger partial charge is 0.338 e. The van der Waals surface area contributed by atoms with E-state index < -0.39 is 16.0 Å². The molecule has 1 N–H and O–H groups in total. The van der Waals surface area contributed by atoms with Crippen LogP contribution >= 0.6 is 0 Å². The summed E-state index contributed by atoms with van der Waals surface area (Å²) in [6.07, 6.45) is 4.22. The normalized spacial score (nSPS) is 11.3. The highest BCUT2D eigenvalue weighted by Gasteiger charge is 2.15. The number of nitrogens with one attached hydrogen (secondary N) is 1. The molecular formula is C20H21N3O4S. The second kappa shape index (κ2) is 8.81. The molecule has 0 saturated heterocycles. The molecule has 8 heteroatoms. The van der Waals surface area contributed by atoms with Gasteiger partial charge in [0.25, 0.3) is 0 Å². The summed E-state index contributed by atoms with van der Waals surface area (Å²) in [4.78, 5) is 11.9. The first-order chi connectivity index (χ1) is 13.5. The van der Waals surface area contributed by atoms with Gasteiger partial charge in [0.05, 0.1) is 22.8 Å². The maximum Gasteiger partial charge on any atom is 0.338 e. The fourth-order valence-corrected chi connectivity index (χ4v) is 3.56. The fourth-order valence-electron chi connectivity index (χ4n) is 2.54. The van der Waals surface area contributed by atoms with Gasteiger partial charge in [0.2, 0.25) is 10.0 Å². The number of nitrogens with zero attached hydrogens (tertiary/aromatic N) is 2. The van der Waals surface area contributed by atoms with Crippen LogP contribution in [0.2, 0.25) is 0 Å². The molecule has 0 unspecified atom stereocenters. The molecular weight excluding hydrogens is 378 g/mol. The lowest BCUT2D eigenvalue weighted by Gasteiger charge is -2.09. The van der Waals surface area contributed by atoms with Crippen LogP contribution in [0.3, 0.4) is 0 Å². The number of rotatable bonds is 8. The van der Waals surface area contributed by atoms with Crippen LogP contribution in [0, 0.1) is 0 Å². The Labute approximate surface area is 164 Å². The Bertz CT molecular complexity index is 1030. The molecule has 28 heavy (non-hydrogen) atoms. The molecule has 1 aromatic heterocycles. The predicted octanol–water partition coefficient (Wildman–Crippen LogP) is 2.92. The fraction of sp³-hybridized carbons (Fsp3) is 0.200. The van der Waals surface area contributed by atoms with E-state index in [4.69, 9.17) is 4.74 Å². The summed E-state index contributed by atoms with van der Waals surface area (Å²) in [6, 6.07) is 14.9. The Morgan fingerprint density at radius 1 is 1.14 bits per heavy atom. The summed E-state index contributed by atoms with van der Waals surface area (Å²) in [7, 11) is -3.71. The number of carbonyl (C=O) groups is 1. The van der Waals surface area contributed by atoms with Gasteiger partial charge < -0.3 is 4.74 Å². The quantitative estimate of drug-likeness (QED) is 0.588. The minimum Gasteiger partial charge on any atom is -0.462 e. The summed E-state index contributed by atoms with van der Waals surface area (Å²) in [5.74, 6) is -0.464. The van der Waals surface area contributed by atoms with Crippen molar-refractivity contribution < 1.29 is 17.9 Å². The van der Waals surface area contributed by atoms with Gasteiger partial charge in [0, 0.05) is 18.9 Å². The van der Waals surface area contributed by atoms with Gasteiger partial charge in [-0.15, -0.1) is 0 Å². The molecule has 0 aliphatic heterocycles. The van der Waals surface area contributed by atoms with Crippen molar-refractivity contribution in [1.82, 2.24) is 14.5 Å². The van der Waals surface area contributed by atoms with Crippen molar-refractivity contribution in [1.29, 1.82) is 0 Å². The number of sulfonamides is 1. The van der Waals surface area contributed by atoms with E-state index in [0.717, 1.165) is 17.7 Å². The lowest BCUT2D eigenvalue weighted by atomic mass is 10.2. The molecule has 146 valence electrons.